The van der Waals surface area contributed by atoms with Gasteiger partial charge < -0.3 is 4.74 Å². The number of halogens is 2. The molecule has 0 saturated heterocycles. The lowest BCUT2D eigenvalue weighted by Crippen LogP contribution is -2.16. The summed E-state index contributed by atoms with van der Waals surface area (Å²) in [6.07, 6.45) is 7.75. The van der Waals surface area contributed by atoms with Crippen LogP contribution in [0.25, 0.3) is 0 Å². The lowest BCUT2D eigenvalue weighted by molar-refractivity contribution is 0.361. The van der Waals surface area contributed by atoms with Gasteiger partial charge in [0.15, 0.2) is 0 Å². The first kappa shape index (κ1) is 18.6. The predicted octanol–water partition coefficient (Wildman–Crippen LogP) is 6.14. The number of fused-ring (bicyclic) bond motifs is 1. The maximum atomic E-state index is 14.6. The summed E-state index contributed by atoms with van der Waals surface area (Å²) in [6, 6.07) is 9.06. The van der Waals surface area contributed by atoms with Crippen molar-refractivity contribution in [3.63, 3.8) is 0 Å². The molecule has 3 heteroatoms. The average molecular weight is 356 g/mol. The minimum Gasteiger partial charge on any atom is -0.490 e. The predicted molar refractivity (Wildman–Crippen MR) is 102 cm³/mol. The summed E-state index contributed by atoms with van der Waals surface area (Å²) in [7, 11) is 0. The molecule has 2 aromatic carbocycles. The highest BCUT2D eigenvalue weighted by Crippen LogP contribution is 2.37. The van der Waals surface area contributed by atoms with Crippen molar-refractivity contribution in [3.05, 3.63) is 76.4 Å². The van der Waals surface area contributed by atoms with E-state index in [1.807, 2.05) is 38.1 Å². The molecule has 1 aliphatic carbocycles. The Balaban J connectivity index is 1.78. The van der Waals surface area contributed by atoms with Crippen molar-refractivity contribution in [2.75, 3.05) is 6.61 Å². The second-order valence-corrected chi connectivity index (χ2v) is 6.97. The van der Waals surface area contributed by atoms with Gasteiger partial charge in [-0.05, 0) is 79.5 Å². The van der Waals surface area contributed by atoms with Gasteiger partial charge in [0.2, 0.25) is 0 Å². The van der Waals surface area contributed by atoms with Crippen LogP contribution < -0.4 is 4.74 Å². The third-order valence-electron chi connectivity index (χ3n) is 5.07. The normalized spacial score (nSPS) is 16.7. The van der Waals surface area contributed by atoms with Crippen LogP contribution >= 0.6 is 0 Å². The molecule has 1 unspecified atom stereocenters. The van der Waals surface area contributed by atoms with E-state index in [1.54, 1.807) is 0 Å². The van der Waals surface area contributed by atoms with Crippen molar-refractivity contribution >= 4 is 0 Å². The highest BCUT2D eigenvalue weighted by molar-refractivity contribution is 5.40. The van der Waals surface area contributed by atoms with Gasteiger partial charge in [-0.15, -0.1) is 0 Å². The molecule has 3 rings (SSSR count). The molecule has 0 amide bonds. The zero-order valence-electron chi connectivity index (χ0n) is 15.5. The molecule has 0 spiro atoms. The Morgan fingerprint density at radius 2 is 1.88 bits per heavy atom. The first-order chi connectivity index (χ1) is 12.6. The standard InChI is InChI=1S/C23H26F2O/c1-3-5-11-26-20-10-9-17-14-19(8-7-18(17)15-20)23-21(24)12-16(6-4-2)13-22(23)25/h3,5,9-10,12-13,15,19H,4,6-8,11,14H2,1-2H3. The van der Waals surface area contributed by atoms with Crippen LogP contribution in [-0.2, 0) is 19.3 Å². The molecule has 26 heavy (non-hydrogen) atoms. The van der Waals surface area contributed by atoms with E-state index in [1.165, 1.54) is 17.7 Å². The Kier molecular flexibility index (Phi) is 6.08. The highest BCUT2D eigenvalue weighted by atomic mass is 19.1. The molecule has 0 aromatic heterocycles. The maximum absolute atomic E-state index is 14.6. The molecule has 0 aliphatic heterocycles. The van der Waals surface area contributed by atoms with Crippen LogP contribution in [0.15, 0.2) is 42.5 Å². The Bertz CT molecular complexity index is 772. The van der Waals surface area contributed by atoms with Gasteiger partial charge in [0.05, 0.1) is 0 Å². The first-order valence-corrected chi connectivity index (χ1v) is 9.46. The van der Waals surface area contributed by atoms with Crippen molar-refractivity contribution in [2.24, 2.45) is 0 Å². The molecule has 1 nitrogen and oxygen atoms in total. The van der Waals surface area contributed by atoms with Gasteiger partial charge in [-0.2, -0.15) is 0 Å². The van der Waals surface area contributed by atoms with Gasteiger partial charge >= 0.3 is 0 Å². The van der Waals surface area contributed by atoms with E-state index < -0.39 is 11.6 Å². The second kappa shape index (κ2) is 8.48. The number of ether oxygens (including phenoxy) is 1. The topological polar surface area (TPSA) is 9.23 Å². The first-order valence-electron chi connectivity index (χ1n) is 9.46. The molecule has 1 atom stereocenters. The van der Waals surface area contributed by atoms with Crippen LogP contribution in [0, 0.1) is 11.6 Å². The summed E-state index contributed by atoms with van der Waals surface area (Å²) in [5.41, 5.74) is 3.38. The monoisotopic (exact) mass is 356 g/mol. The summed E-state index contributed by atoms with van der Waals surface area (Å²) < 4.78 is 34.8. The van der Waals surface area contributed by atoms with Gasteiger partial charge in [0.1, 0.15) is 24.0 Å². The summed E-state index contributed by atoms with van der Waals surface area (Å²) in [5, 5.41) is 0. The van der Waals surface area contributed by atoms with E-state index in [-0.39, 0.29) is 11.5 Å². The molecule has 0 fully saturated rings. The number of aryl methyl sites for hydroxylation is 2. The molecular formula is C23H26F2O. The minimum absolute atomic E-state index is 0.104. The quantitative estimate of drug-likeness (QED) is 0.565. The maximum Gasteiger partial charge on any atom is 0.129 e. The summed E-state index contributed by atoms with van der Waals surface area (Å²) in [6.45, 7) is 4.53. The highest BCUT2D eigenvalue weighted by Gasteiger charge is 2.26. The van der Waals surface area contributed by atoms with Crippen LogP contribution in [0.2, 0.25) is 0 Å². The molecule has 2 aromatic rings. The Morgan fingerprint density at radius 3 is 2.58 bits per heavy atom. The van der Waals surface area contributed by atoms with Gasteiger partial charge in [0.25, 0.3) is 0 Å². The van der Waals surface area contributed by atoms with Gasteiger partial charge in [-0.3, -0.25) is 0 Å². The zero-order chi connectivity index (χ0) is 18.5. The number of hydrogen-bond acceptors (Lipinski definition) is 1. The van der Waals surface area contributed by atoms with E-state index in [0.717, 1.165) is 36.1 Å². The third kappa shape index (κ3) is 4.14. The Morgan fingerprint density at radius 1 is 1.12 bits per heavy atom. The molecule has 0 saturated carbocycles. The number of rotatable bonds is 6. The minimum atomic E-state index is -0.395. The fraction of sp³-hybridized carbons (Fsp3) is 0.391. The van der Waals surface area contributed by atoms with Crippen molar-refractivity contribution in [2.45, 2.75) is 51.9 Å². The average Bonchev–Trinajstić information content (AvgIpc) is 2.61. The molecule has 0 N–H and O–H groups in total. The fourth-order valence-electron chi connectivity index (χ4n) is 3.77. The van der Waals surface area contributed by atoms with E-state index in [0.29, 0.717) is 19.4 Å². The van der Waals surface area contributed by atoms with E-state index in [9.17, 15) is 8.78 Å². The van der Waals surface area contributed by atoms with Crippen LogP contribution in [0.3, 0.4) is 0 Å². The molecule has 138 valence electrons. The number of benzene rings is 2. The largest absolute Gasteiger partial charge is 0.490 e. The molecular weight excluding hydrogens is 330 g/mol. The molecule has 0 radical (unpaired) electrons. The SMILES string of the molecule is CC=CCOc1ccc2c(c1)CCC(c1c(F)cc(CCC)cc1F)C2. The second-order valence-electron chi connectivity index (χ2n) is 6.97. The van der Waals surface area contributed by atoms with Crippen molar-refractivity contribution in [1.82, 2.24) is 0 Å². The van der Waals surface area contributed by atoms with Gasteiger partial charge in [0, 0.05) is 5.56 Å². The van der Waals surface area contributed by atoms with Crippen LogP contribution in [-0.4, -0.2) is 6.61 Å². The smallest absolute Gasteiger partial charge is 0.129 e. The van der Waals surface area contributed by atoms with Gasteiger partial charge in [-0.1, -0.05) is 31.6 Å². The Hall–Kier alpha value is -2.16. The lowest BCUT2D eigenvalue weighted by atomic mass is 9.79. The Labute approximate surface area is 154 Å². The van der Waals surface area contributed by atoms with E-state index in [2.05, 4.69) is 6.07 Å². The third-order valence-corrected chi connectivity index (χ3v) is 5.07. The molecule has 0 bridgehead atoms. The number of allylic oxidation sites excluding steroid dienone is 1. The number of hydrogen-bond donors (Lipinski definition) is 0. The van der Waals surface area contributed by atoms with E-state index in [4.69, 9.17) is 4.74 Å². The fourth-order valence-corrected chi connectivity index (χ4v) is 3.77. The van der Waals surface area contributed by atoms with Crippen LogP contribution in [0.5, 0.6) is 5.75 Å². The van der Waals surface area contributed by atoms with Crippen molar-refractivity contribution in [1.29, 1.82) is 0 Å². The molecule has 1 aliphatic rings. The summed E-state index contributed by atoms with van der Waals surface area (Å²) >= 11 is 0. The molecule has 0 heterocycles. The van der Waals surface area contributed by atoms with Crippen LogP contribution in [0.4, 0.5) is 8.78 Å². The van der Waals surface area contributed by atoms with Crippen LogP contribution in [0.1, 0.15) is 54.9 Å². The van der Waals surface area contributed by atoms with E-state index >= 15 is 0 Å². The lowest BCUT2D eigenvalue weighted by Gasteiger charge is -2.26. The summed E-state index contributed by atoms with van der Waals surface area (Å²) in [5.74, 6) is -0.0454. The zero-order valence-corrected chi connectivity index (χ0v) is 15.5. The summed E-state index contributed by atoms with van der Waals surface area (Å²) in [4.78, 5) is 0. The van der Waals surface area contributed by atoms with Crippen molar-refractivity contribution in [3.8, 4) is 5.75 Å². The van der Waals surface area contributed by atoms with Gasteiger partial charge in [-0.25, -0.2) is 8.78 Å². The van der Waals surface area contributed by atoms with Crippen molar-refractivity contribution < 1.29 is 13.5 Å².